The van der Waals surface area contributed by atoms with Crippen molar-refractivity contribution in [1.82, 2.24) is 15.5 Å². The van der Waals surface area contributed by atoms with Crippen LogP contribution in [0.3, 0.4) is 0 Å². The number of H-pyrrole nitrogens is 1. The van der Waals surface area contributed by atoms with Crippen molar-refractivity contribution < 1.29 is 5.11 Å². The molecule has 1 aromatic heterocycles. The van der Waals surface area contributed by atoms with Gasteiger partial charge in [0.25, 0.3) is 0 Å². The normalized spacial score (nSPS) is 16.0. The number of aliphatic hydroxyl groups is 1. The van der Waals surface area contributed by atoms with E-state index in [4.69, 9.17) is 0 Å². The molecule has 2 heterocycles. The van der Waals surface area contributed by atoms with Crippen molar-refractivity contribution in [2.45, 2.75) is 12.6 Å². The summed E-state index contributed by atoms with van der Waals surface area (Å²) in [7, 11) is 0. The summed E-state index contributed by atoms with van der Waals surface area (Å²) in [5, 5.41) is 25.1. The first kappa shape index (κ1) is 17.3. The second-order valence-electron chi connectivity index (χ2n) is 6.53. The highest BCUT2D eigenvalue weighted by Gasteiger charge is 2.13. The molecule has 0 radical (unpaired) electrons. The highest BCUT2D eigenvalue weighted by atomic mass is 79.9. The Bertz CT molecular complexity index is 873. The van der Waals surface area contributed by atoms with Gasteiger partial charge in [-0.15, -0.1) is 0 Å². The summed E-state index contributed by atoms with van der Waals surface area (Å²) >= 11 is 3.45. The fourth-order valence-corrected chi connectivity index (χ4v) is 3.66. The van der Waals surface area contributed by atoms with Gasteiger partial charge in [0.2, 0.25) is 0 Å². The van der Waals surface area contributed by atoms with Crippen LogP contribution in [0.5, 0.6) is 0 Å². The quantitative estimate of drug-likeness (QED) is 0.482. The number of anilines is 2. The third-order valence-corrected chi connectivity index (χ3v) is 5.17. The monoisotopic (exact) mass is 415 g/mol. The van der Waals surface area contributed by atoms with E-state index in [1.807, 2.05) is 18.2 Å². The van der Waals surface area contributed by atoms with Gasteiger partial charge in [0.05, 0.1) is 5.52 Å². The van der Waals surface area contributed by atoms with Crippen LogP contribution in [0.1, 0.15) is 5.56 Å². The minimum absolute atomic E-state index is 0.521. The lowest BCUT2D eigenvalue weighted by molar-refractivity contribution is 0.204. The fraction of sp³-hybridized carbons (Fsp3) is 0.316. The fourth-order valence-electron chi connectivity index (χ4n) is 3.30. The van der Waals surface area contributed by atoms with Crippen LogP contribution in [0.15, 0.2) is 46.9 Å². The number of aromatic nitrogens is 2. The van der Waals surface area contributed by atoms with E-state index in [0.29, 0.717) is 12.2 Å². The Labute approximate surface area is 160 Å². The van der Waals surface area contributed by atoms with Gasteiger partial charge in [0.15, 0.2) is 5.82 Å². The zero-order valence-corrected chi connectivity index (χ0v) is 16.0. The number of aliphatic hydroxyl groups excluding tert-OH is 1. The summed E-state index contributed by atoms with van der Waals surface area (Å²) in [6.45, 7) is 4.12. The molecule has 1 aliphatic rings. The summed E-state index contributed by atoms with van der Waals surface area (Å²) in [5.74, 6) is 0.664. The minimum Gasteiger partial charge on any atom is -0.373 e. The molecule has 1 fully saturated rings. The van der Waals surface area contributed by atoms with Gasteiger partial charge < -0.3 is 20.6 Å². The van der Waals surface area contributed by atoms with Crippen LogP contribution in [0.2, 0.25) is 0 Å². The molecule has 1 unspecified atom stereocenters. The van der Waals surface area contributed by atoms with Gasteiger partial charge in [-0.2, -0.15) is 5.10 Å². The largest absolute Gasteiger partial charge is 0.373 e. The zero-order chi connectivity index (χ0) is 17.9. The number of halogens is 1. The molecule has 4 rings (SSSR count). The number of benzene rings is 2. The molecule has 0 amide bonds. The summed E-state index contributed by atoms with van der Waals surface area (Å²) in [4.78, 5) is 2.38. The molecule has 136 valence electrons. The first-order valence-electron chi connectivity index (χ1n) is 8.82. The molecule has 6 nitrogen and oxygen atoms in total. The number of aromatic amines is 1. The Morgan fingerprint density at radius 3 is 2.69 bits per heavy atom. The number of hydrogen-bond donors (Lipinski definition) is 4. The van der Waals surface area contributed by atoms with Crippen molar-refractivity contribution in [3.63, 3.8) is 0 Å². The molecule has 0 spiro atoms. The van der Waals surface area contributed by atoms with E-state index in [2.05, 4.69) is 65.9 Å². The highest BCUT2D eigenvalue weighted by Crippen LogP contribution is 2.24. The molecule has 0 aliphatic carbocycles. The van der Waals surface area contributed by atoms with Crippen LogP contribution >= 0.6 is 15.9 Å². The predicted molar refractivity (Wildman–Crippen MR) is 109 cm³/mol. The maximum absolute atomic E-state index is 10.4. The average Bonchev–Trinajstić information content (AvgIpc) is 3.04. The van der Waals surface area contributed by atoms with Crippen LogP contribution in [0.4, 0.5) is 11.5 Å². The third-order valence-electron chi connectivity index (χ3n) is 4.68. The standard InChI is InChI=1S/C19H22BrN5O/c20-14-3-6-16-17(12-14)23-24-19(16)22-18(26)11-13-1-4-15(5-2-13)25-9-7-21-8-10-25/h1-6,12,18,21,26H,7-11H2,(H2,22,23,24). The minimum atomic E-state index is -0.699. The Kier molecular flexibility index (Phi) is 5.10. The number of piperazine rings is 1. The first-order chi connectivity index (χ1) is 12.7. The maximum atomic E-state index is 10.4. The van der Waals surface area contributed by atoms with Crippen molar-refractivity contribution in [1.29, 1.82) is 0 Å². The Morgan fingerprint density at radius 2 is 1.92 bits per heavy atom. The van der Waals surface area contributed by atoms with Crippen LogP contribution in [-0.4, -0.2) is 47.7 Å². The number of hydrogen-bond acceptors (Lipinski definition) is 5. The van der Waals surface area contributed by atoms with E-state index in [-0.39, 0.29) is 0 Å². The molecule has 7 heteroatoms. The maximum Gasteiger partial charge on any atom is 0.157 e. The Hall–Kier alpha value is -2.09. The van der Waals surface area contributed by atoms with E-state index >= 15 is 0 Å². The van der Waals surface area contributed by atoms with Crippen LogP contribution in [0.25, 0.3) is 10.9 Å². The van der Waals surface area contributed by atoms with E-state index < -0.39 is 6.23 Å². The van der Waals surface area contributed by atoms with Crippen molar-refractivity contribution in [2.24, 2.45) is 0 Å². The summed E-state index contributed by atoms with van der Waals surface area (Å²) in [5.41, 5.74) is 3.25. The van der Waals surface area contributed by atoms with Crippen LogP contribution in [-0.2, 0) is 6.42 Å². The van der Waals surface area contributed by atoms with Gasteiger partial charge in [-0.1, -0.05) is 28.1 Å². The summed E-state index contributed by atoms with van der Waals surface area (Å²) in [6.07, 6.45) is -0.178. The van der Waals surface area contributed by atoms with Gasteiger partial charge in [-0.05, 0) is 35.9 Å². The van der Waals surface area contributed by atoms with E-state index in [1.54, 1.807) is 0 Å². The van der Waals surface area contributed by atoms with Crippen molar-refractivity contribution in [2.75, 3.05) is 36.4 Å². The lowest BCUT2D eigenvalue weighted by Gasteiger charge is -2.29. The average molecular weight is 416 g/mol. The number of nitrogens with one attached hydrogen (secondary N) is 3. The number of fused-ring (bicyclic) bond motifs is 1. The topological polar surface area (TPSA) is 76.2 Å². The molecule has 0 bridgehead atoms. The molecule has 1 saturated heterocycles. The molecular weight excluding hydrogens is 394 g/mol. The zero-order valence-electron chi connectivity index (χ0n) is 14.4. The van der Waals surface area contributed by atoms with Gasteiger partial charge in [-0.25, -0.2) is 0 Å². The second-order valence-corrected chi connectivity index (χ2v) is 7.45. The van der Waals surface area contributed by atoms with Crippen molar-refractivity contribution in [3.8, 4) is 0 Å². The van der Waals surface area contributed by atoms with Crippen molar-refractivity contribution in [3.05, 3.63) is 52.5 Å². The molecule has 4 N–H and O–H groups in total. The number of nitrogens with zero attached hydrogens (tertiary/aromatic N) is 2. The molecule has 26 heavy (non-hydrogen) atoms. The van der Waals surface area contributed by atoms with Gasteiger partial charge in [0.1, 0.15) is 6.23 Å². The summed E-state index contributed by atoms with van der Waals surface area (Å²) in [6, 6.07) is 14.3. The molecular formula is C19H22BrN5O. The van der Waals surface area contributed by atoms with Gasteiger partial charge >= 0.3 is 0 Å². The lowest BCUT2D eigenvalue weighted by atomic mass is 10.1. The van der Waals surface area contributed by atoms with E-state index in [9.17, 15) is 5.11 Å². The van der Waals surface area contributed by atoms with E-state index in [1.165, 1.54) is 5.69 Å². The predicted octanol–water partition coefficient (Wildman–Crippen LogP) is 2.71. The second kappa shape index (κ2) is 7.65. The third kappa shape index (κ3) is 3.85. The van der Waals surface area contributed by atoms with Crippen molar-refractivity contribution >= 4 is 38.3 Å². The van der Waals surface area contributed by atoms with Gasteiger partial charge in [0, 0.05) is 48.1 Å². The molecule has 1 aliphatic heterocycles. The smallest absolute Gasteiger partial charge is 0.157 e. The Balaban J connectivity index is 1.40. The molecule has 0 saturated carbocycles. The molecule has 2 aromatic carbocycles. The molecule has 3 aromatic rings. The lowest BCUT2D eigenvalue weighted by Crippen LogP contribution is -2.43. The SMILES string of the molecule is OC(Cc1ccc(N2CCNCC2)cc1)Nc1n[nH]c2cc(Br)ccc12. The first-order valence-corrected chi connectivity index (χ1v) is 9.61. The molecule has 1 atom stereocenters. The van der Waals surface area contributed by atoms with E-state index in [0.717, 1.165) is 47.1 Å². The Morgan fingerprint density at radius 1 is 1.15 bits per heavy atom. The van der Waals surface area contributed by atoms with Gasteiger partial charge in [-0.3, -0.25) is 5.10 Å². The highest BCUT2D eigenvalue weighted by molar-refractivity contribution is 9.10. The summed E-state index contributed by atoms with van der Waals surface area (Å²) < 4.78 is 0.991. The number of rotatable bonds is 5. The van der Waals surface area contributed by atoms with Crippen LogP contribution < -0.4 is 15.5 Å². The van der Waals surface area contributed by atoms with Crippen LogP contribution in [0, 0.1) is 0 Å².